The van der Waals surface area contributed by atoms with Crippen LogP contribution in [0.1, 0.15) is 5.82 Å². The van der Waals surface area contributed by atoms with Crippen molar-refractivity contribution in [3.05, 3.63) is 30.4 Å². The fourth-order valence-electron chi connectivity index (χ4n) is 1.04. The zero-order valence-electron chi connectivity index (χ0n) is 7.28. The van der Waals surface area contributed by atoms with Gasteiger partial charge in [0.25, 0.3) is 0 Å². The quantitative estimate of drug-likeness (QED) is 0.788. The van der Waals surface area contributed by atoms with Gasteiger partial charge in [0.1, 0.15) is 5.69 Å². The Morgan fingerprint density at radius 1 is 1.13 bits per heavy atom. The van der Waals surface area contributed by atoms with Gasteiger partial charge in [-0.15, -0.1) is 0 Å². The number of hydrogen-bond donors (Lipinski definition) is 1. The number of H-pyrrole nitrogens is 1. The molecule has 2 heterocycles. The molecule has 1 N–H and O–H groups in total. The third-order valence-electron chi connectivity index (χ3n) is 1.67. The van der Waals surface area contributed by atoms with Gasteiger partial charge in [0.05, 0.1) is 5.69 Å². The van der Waals surface area contributed by atoms with E-state index in [0.29, 0.717) is 5.69 Å². The maximum Gasteiger partial charge on any atom is 0.451 e. The van der Waals surface area contributed by atoms with Crippen molar-refractivity contribution in [2.75, 3.05) is 0 Å². The highest BCUT2D eigenvalue weighted by Gasteiger charge is 2.34. The van der Waals surface area contributed by atoms with E-state index < -0.39 is 12.0 Å². The molecule has 0 amide bonds. The highest BCUT2D eigenvalue weighted by atomic mass is 19.4. The van der Waals surface area contributed by atoms with Gasteiger partial charge in [-0.2, -0.15) is 18.3 Å². The largest absolute Gasteiger partial charge is 0.451 e. The Morgan fingerprint density at radius 2 is 1.93 bits per heavy atom. The van der Waals surface area contributed by atoms with Gasteiger partial charge in [0, 0.05) is 12.4 Å². The summed E-state index contributed by atoms with van der Waals surface area (Å²) in [4.78, 5) is 6.51. The number of aromatic amines is 1. The summed E-state index contributed by atoms with van der Waals surface area (Å²) in [5, 5.41) is 6.22. The number of alkyl halides is 3. The summed E-state index contributed by atoms with van der Waals surface area (Å²) in [5.74, 6) is -1.16. The second-order valence-electron chi connectivity index (χ2n) is 2.72. The van der Waals surface area contributed by atoms with E-state index in [0.717, 1.165) is 6.20 Å². The van der Waals surface area contributed by atoms with Crippen LogP contribution in [-0.2, 0) is 6.18 Å². The molecule has 0 spiro atoms. The molecule has 2 rings (SSSR count). The number of rotatable bonds is 1. The first-order valence-corrected chi connectivity index (χ1v) is 3.98. The van der Waals surface area contributed by atoms with Gasteiger partial charge < -0.3 is 0 Å². The lowest BCUT2D eigenvalue weighted by atomic mass is 10.3. The standard InChI is InChI=1S/C8H5F3N4/c9-8(10,11)7-12-3-1-5(14-7)6-2-4-13-15-6/h1-4H,(H,13,15). The highest BCUT2D eigenvalue weighted by Crippen LogP contribution is 2.26. The van der Waals surface area contributed by atoms with E-state index in [4.69, 9.17) is 0 Å². The monoisotopic (exact) mass is 214 g/mol. The molecule has 2 aromatic heterocycles. The van der Waals surface area contributed by atoms with Crippen molar-refractivity contribution >= 4 is 0 Å². The third-order valence-corrected chi connectivity index (χ3v) is 1.67. The molecule has 0 unspecified atom stereocenters. The van der Waals surface area contributed by atoms with E-state index in [2.05, 4.69) is 20.2 Å². The Bertz CT molecular complexity index is 449. The molecule has 0 aliphatic heterocycles. The summed E-state index contributed by atoms with van der Waals surface area (Å²) in [5.41, 5.74) is 0.487. The molecule has 0 fully saturated rings. The van der Waals surface area contributed by atoms with Crippen LogP contribution in [-0.4, -0.2) is 20.2 Å². The van der Waals surface area contributed by atoms with Crippen molar-refractivity contribution < 1.29 is 13.2 Å². The van der Waals surface area contributed by atoms with Crippen molar-refractivity contribution in [3.8, 4) is 11.4 Å². The van der Waals surface area contributed by atoms with E-state index in [1.807, 2.05) is 0 Å². The molecule has 4 nitrogen and oxygen atoms in total. The summed E-state index contributed by atoms with van der Waals surface area (Å²) in [7, 11) is 0. The Labute approximate surface area is 82.2 Å². The smallest absolute Gasteiger partial charge is 0.285 e. The first-order valence-electron chi connectivity index (χ1n) is 3.98. The average molecular weight is 214 g/mol. The number of nitrogens with one attached hydrogen (secondary N) is 1. The molecule has 0 aliphatic carbocycles. The number of nitrogens with zero attached hydrogens (tertiary/aromatic N) is 3. The maximum absolute atomic E-state index is 12.3. The molecule has 0 radical (unpaired) electrons. The Kier molecular flexibility index (Phi) is 2.14. The Morgan fingerprint density at radius 3 is 2.53 bits per heavy atom. The van der Waals surface area contributed by atoms with Crippen molar-refractivity contribution in [2.45, 2.75) is 6.18 Å². The lowest BCUT2D eigenvalue weighted by Crippen LogP contribution is -2.10. The van der Waals surface area contributed by atoms with Crippen molar-refractivity contribution in [2.24, 2.45) is 0 Å². The minimum Gasteiger partial charge on any atom is -0.285 e. The zero-order chi connectivity index (χ0) is 10.9. The minimum absolute atomic E-state index is 0.138. The number of hydrogen-bond acceptors (Lipinski definition) is 3. The van der Waals surface area contributed by atoms with E-state index in [1.165, 1.54) is 18.3 Å². The van der Waals surface area contributed by atoms with E-state index in [9.17, 15) is 13.2 Å². The average Bonchev–Trinajstić information content (AvgIpc) is 2.69. The second-order valence-corrected chi connectivity index (χ2v) is 2.72. The van der Waals surface area contributed by atoms with Crippen LogP contribution < -0.4 is 0 Å². The van der Waals surface area contributed by atoms with E-state index >= 15 is 0 Å². The topological polar surface area (TPSA) is 54.5 Å². The van der Waals surface area contributed by atoms with Gasteiger partial charge in [-0.3, -0.25) is 5.10 Å². The molecule has 0 aromatic carbocycles. The molecule has 0 aliphatic rings. The van der Waals surface area contributed by atoms with Crippen LogP contribution in [0.15, 0.2) is 24.5 Å². The summed E-state index contributed by atoms with van der Waals surface area (Å²) in [6.45, 7) is 0. The Balaban J connectivity index is 2.44. The predicted molar refractivity (Wildman–Crippen MR) is 44.6 cm³/mol. The lowest BCUT2D eigenvalue weighted by Gasteiger charge is -2.04. The summed E-state index contributed by atoms with van der Waals surface area (Å²) < 4.78 is 36.8. The molecular weight excluding hydrogens is 209 g/mol. The van der Waals surface area contributed by atoms with Gasteiger partial charge >= 0.3 is 6.18 Å². The molecular formula is C8H5F3N4. The van der Waals surface area contributed by atoms with Gasteiger partial charge in [0.15, 0.2) is 0 Å². The van der Waals surface area contributed by atoms with Crippen LogP contribution in [0.4, 0.5) is 13.2 Å². The van der Waals surface area contributed by atoms with Crippen LogP contribution in [0.2, 0.25) is 0 Å². The highest BCUT2D eigenvalue weighted by molar-refractivity contribution is 5.52. The molecule has 7 heteroatoms. The zero-order valence-corrected chi connectivity index (χ0v) is 7.28. The van der Waals surface area contributed by atoms with Crippen molar-refractivity contribution in [1.29, 1.82) is 0 Å². The molecule has 0 saturated heterocycles. The first-order chi connectivity index (χ1) is 7.07. The normalized spacial score (nSPS) is 11.7. The van der Waals surface area contributed by atoms with Crippen molar-refractivity contribution in [3.63, 3.8) is 0 Å². The fraction of sp³-hybridized carbons (Fsp3) is 0.125. The number of aromatic nitrogens is 4. The van der Waals surface area contributed by atoms with E-state index in [1.54, 1.807) is 0 Å². The van der Waals surface area contributed by atoms with Crippen molar-refractivity contribution in [1.82, 2.24) is 20.2 Å². The minimum atomic E-state index is -4.54. The predicted octanol–water partition coefficient (Wildman–Crippen LogP) is 1.89. The summed E-state index contributed by atoms with van der Waals surface area (Å²) in [6.07, 6.45) is -1.98. The molecule has 0 atom stereocenters. The molecule has 15 heavy (non-hydrogen) atoms. The van der Waals surface area contributed by atoms with Crippen LogP contribution in [0, 0.1) is 0 Å². The van der Waals surface area contributed by atoms with Crippen LogP contribution in [0.25, 0.3) is 11.4 Å². The molecule has 78 valence electrons. The van der Waals surface area contributed by atoms with Gasteiger partial charge in [-0.05, 0) is 12.1 Å². The second kappa shape index (κ2) is 3.34. The Hall–Kier alpha value is -1.92. The SMILES string of the molecule is FC(F)(F)c1nccc(-c2cc[nH]n2)n1. The fourth-order valence-corrected chi connectivity index (χ4v) is 1.04. The van der Waals surface area contributed by atoms with Gasteiger partial charge in [0.2, 0.25) is 5.82 Å². The van der Waals surface area contributed by atoms with E-state index in [-0.39, 0.29) is 5.69 Å². The maximum atomic E-state index is 12.3. The number of halogens is 3. The summed E-state index contributed by atoms with van der Waals surface area (Å²) >= 11 is 0. The lowest BCUT2D eigenvalue weighted by molar-refractivity contribution is -0.144. The first kappa shape index (κ1) is 9.63. The molecule has 2 aromatic rings. The summed E-state index contributed by atoms with van der Waals surface area (Å²) in [6, 6.07) is 2.90. The molecule has 0 bridgehead atoms. The van der Waals surface area contributed by atoms with Crippen LogP contribution >= 0.6 is 0 Å². The van der Waals surface area contributed by atoms with Crippen LogP contribution in [0.5, 0.6) is 0 Å². The third kappa shape index (κ3) is 1.95. The van der Waals surface area contributed by atoms with Gasteiger partial charge in [-0.25, -0.2) is 9.97 Å². The molecule has 0 saturated carbocycles. The van der Waals surface area contributed by atoms with Crippen LogP contribution in [0.3, 0.4) is 0 Å². The van der Waals surface area contributed by atoms with Gasteiger partial charge in [-0.1, -0.05) is 0 Å².